The Labute approximate surface area is 135 Å². The summed E-state index contributed by atoms with van der Waals surface area (Å²) in [6.07, 6.45) is 0.695. The van der Waals surface area contributed by atoms with Crippen LogP contribution >= 0.6 is 0 Å². The molecule has 1 rings (SSSR count). The normalized spacial score (nSPS) is 11.5. The number of benzene rings is 1. The fourth-order valence-electron chi connectivity index (χ4n) is 1.62. The Morgan fingerprint density at radius 3 is 2.50 bits per heavy atom. The summed E-state index contributed by atoms with van der Waals surface area (Å²) in [6, 6.07) is 7.57. The second kappa shape index (κ2) is 7.62. The highest BCUT2D eigenvalue weighted by molar-refractivity contribution is 6.74. The van der Waals surface area contributed by atoms with E-state index in [1.54, 1.807) is 0 Å². The lowest BCUT2D eigenvalue weighted by Gasteiger charge is -2.35. The first kappa shape index (κ1) is 18.5. The van der Waals surface area contributed by atoms with Crippen molar-refractivity contribution < 1.29 is 9.22 Å². The molecule has 0 aliphatic carbocycles. The number of hydrogen-bond donors (Lipinski definition) is 1. The van der Waals surface area contributed by atoms with E-state index in [9.17, 15) is 4.79 Å². The topological polar surface area (TPSA) is 38.3 Å². The third-order valence-corrected chi connectivity index (χ3v) is 8.50. The minimum absolute atomic E-state index is 0.0875. The Bertz CT molecular complexity index is 577. The van der Waals surface area contributed by atoms with Crippen LogP contribution in [0.4, 0.5) is 5.69 Å². The number of para-hydroxylation sites is 1. The summed E-state index contributed by atoms with van der Waals surface area (Å²) in [7, 11) is -1.69. The van der Waals surface area contributed by atoms with E-state index in [1.165, 1.54) is 6.92 Å². The van der Waals surface area contributed by atoms with Crippen LogP contribution in [0.1, 0.15) is 39.7 Å². The van der Waals surface area contributed by atoms with Crippen LogP contribution in [0.5, 0.6) is 0 Å². The first-order chi connectivity index (χ1) is 10.1. The van der Waals surface area contributed by atoms with E-state index in [0.29, 0.717) is 13.0 Å². The van der Waals surface area contributed by atoms with Gasteiger partial charge in [0.1, 0.15) is 0 Å². The molecule has 0 spiro atoms. The van der Waals surface area contributed by atoms with Crippen molar-refractivity contribution in [2.45, 2.75) is 52.2 Å². The molecular formula is C18H27NO2Si. The highest BCUT2D eigenvalue weighted by atomic mass is 28.4. The Morgan fingerprint density at radius 2 is 1.91 bits per heavy atom. The van der Waals surface area contributed by atoms with Gasteiger partial charge >= 0.3 is 0 Å². The smallest absolute Gasteiger partial charge is 0.221 e. The summed E-state index contributed by atoms with van der Waals surface area (Å²) >= 11 is 0. The minimum Gasteiger partial charge on any atom is -0.416 e. The van der Waals surface area contributed by atoms with E-state index in [2.05, 4.69) is 51.0 Å². The Kier molecular flexibility index (Phi) is 6.40. The number of anilines is 1. The van der Waals surface area contributed by atoms with Crippen LogP contribution in [0.2, 0.25) is 18.1 Å². The molecule has 0 fully saturated rings. The average molecular weight is 318 g/mol. The molecule has 0 radical (unpaired) electrons. The fraction of sp³-hybridized carbons (Fsp3) is 0.500. The van der Waals surface area contributed by atoms with Gasteiger partial charge in [-0.3, -0.25) is 4.79 Å². The Balaban J connectivity index is 2.61. The fourth-order valence-corrected chi connectivity index (χ4v) is 2.67. The lowest BCUT2D eigenvalue weighted by molar-refractivity contribution is -0.114. The molecule has 22 heavy (non-hydrogen) atoms. The van der Waals surface area contributed by atoms with Crippen molar-refractivity contribution in [3.8, 4) is 11.8 Å². The highest BCUT2D eigenvalue weighted by Gasteiger charge is 2.36. The molecule has 0 atom stereocenters. The van der Waals surface area contributed by atoms with Gasteiger partial charge in [-0.25, -0.2) is 0 Å². The number of carbonyl (C=O) groups excluding carboxylic acids is 1. The number of hydrogen-bond acceptors (Lipinski definition) is 2. The number of rotatable bonds is 4. The van der Waals surface area contributed by atoms with Gasteiger partial charge in [0.25, 0.3) is 0 Å². The molecule has 0 aliphatic heterocycles. The second-order valence-corrected chi connectivity index (χ2v) is 11.7. The van der Waals surface area contributed by atoms with E-state index in [1.807, 2.05) is 24.3 Å². The maximum absolute atomic E-state index is 11.2. The van der Waals surface area contributed by atoms with Gasteiger partial charge in [0.2, 0.25) is 5.91 Å². The summed E-state index contributed by atoms with van der Waals surface area (Å²) in [5.41, 5.74) is 1.60. The van der Waals surface area contributed by atoms with Gasteiger partial charge in [-0.2, -0.15) is 0 Å². The van der Waals surface area contributed by atoms with E-state index in [0.717, 1.165) is 11.3 Å². The molecule has 120 valence electrons. The molecule has 1 aromatic rings. The van der Waals surface area contributed by atoms with Crippen molar-refractivity contribution in [1.82, 2.24) is 0 Å². The van der Waals surface area contributed by atoms with Crippen molar-refractivity contribution in [2.24, 2.45) is 0 Å². The molecule has 1 aromatic carbocycles. The number of amides is 1. The molecule has 0 aromatic heterocycles. The molecule has 0 saturated heterocycles. The first-order valence-electron chi connectivity index (χ1n) is 7.63. The molecule has 0 heterocycles. The van der Waals surface area contributed by atoms with Crippen LogP contribution < -0.4 is 5.32 Å². The first-order valence-corrected chi connectivity index (χ1v) is 10.5. The molecule has 3 nitrogen and oxygen atoms in total. The highest BCUT2D eigenvalue weighted by Crippen LogP contribution is 2.36. The van der Waals surface area contributed by atoms with Gasteiger partial charge < -0.3 is 9.74 Å². The van der Waals surface area contributed by atoms with Crippen LogP contribution in [0.3, 0.4) is 0 Å². The predicted octanol–water partition coefficient (Wildman–Crippen LogP) is 4.41. The zero-order valence-electron chi connectivity index (χ0n) is 14.5. The Morgan fingerprint density at radius 1 is 1.27 bits per heavy atom. The molecule has 0 unspecified atom stereocenters. The van der Waals surface area contributed by atoms with Crippen molar-refractivity contribution in [2.75, 3.05) is 11.9 Å². The molecule has 0 saturated carbocycles. The minimum atomic E-state index is -1.69. The SMILES string of the molecule is CC(=O)Nc1ccccc1C#CCCO[Si](C)(C)C(C)(C)C. The van der Waals surface area contributed by atoms with E-state index >= 15 is 0 Å². The van der Waals surface area contributed by atoms with Crippen molar-refractivity contribution in [3.05, 3.63) is 29.8 Å². The molecule has 4 heteroatoms. The monoisotopic (exact) mass is 317 g/mol. The average Bonchev–Trinajstić information content (AvgIpc) is 2.38. The van der Waals surface area contributed by atoms with Crippen LogP contribution in [0.25, 0.3) is 0 Å². The van der Waals surface area contributed by atoms with Crippen molar-refractivity contribution in [3.63, 3.8) is 0 Å². The molecular weight excluding hydrogens is 290 g/mol. The van der Waals surface area contributed by atoms with Crippen molar-refractivity contribution in [1.29, 1.82) is 0 Å². The van der Waals surface area contributed by atoms with Crippen LogP contribution in [0.15, 0.2) is 24.3 Å². The standard InChI is InChI=1S/C18H27NO2Si/c1-15(20)19-17-13-8-7-11-16(17)12-9-10-14-21-22(5,6)18(2,3)4/h7-8,11,13H,10,14H2,1-6H3,(H,19,20). The predicted molar refractivity (Wildman–Crippen MR) is 95.4 cm³/mol. The summed E-state index contributed by atoms with van der Waals surface area (Å²) in [5, 5.41) is 3.01. The van der Waals surface area contributed by atoms with E-state index < -0.39 is 8.32 Å². The zero-order chi connectivity index (χ0) is 16.8. The third-order valence-electron chi connectivity index (χ3n) is 3.96. The van der Waals surface area contributed by atoms with Gasteiger partial charge in [-0.05, 0) is 30.3 Å². The molecule has 0 bridgehead atoms. The maximum atomic E-state index is 11.2. The number of carbonyl (C=O) groups is 1. The molecule has 0 aliphatic rings. The maximum Gasteiger partial charge on any atom is 0.221 e. The quantitative estimate of drug-likeness (QED) is 0.507. The van der Waals surface area contributed by atoms with Gasteiger partial charge in [0, 0.05) is 25.5 Å². The Hall–Kier alpha value is -1.57. The number of nitrogens with one attached hydrogen (secondary N) is 1. The van der Waals surface area contributed by atoms with Gasteiger partial charge in [-0.15, -0.1) is 0 Å². The van der Waals surface area contributed by atoms with Crippen molar-refractivity contribution >= 4 is 19.9 Å². The third kappa shape index (κ3) is 5.67. The van der Waals surface area contributed by atoms with E-state index in [-0.39, 0.29) is 10.9 Å². The summed E-state index contributed by atoms with van der Waals surface area (Å²) in [4.78, 5) is 11.2. The lowest BCUT2D eigenvalue weighted by atomic mass is 10.2. The summed E-state index contributed by atoms with van der Waals surface area (Å²) in [6.45, 7) is 13.3. The summed E-state index contributed by atoms with van der Waals surface area (Å²) < 4.78 is 6.09. The van der Waals surface area contributed by atoms with Gasteiger partial charge in [0.15, 0.2) is 8.32 Å². The van der Waals surface area contributed by atoms with Crippen LogP contribution in [0, 0.1) is 11.8 Å². The van der Waals surface area contributed by atoms with Crippen LogP contribution in [-0.2, 0) is 9.22 Å². The van der Waals surface area contributed by atoms with Gasteiger partial charge in [-0.1, -0.05) is 44.7 Å². The second-order valence-electron chi connectivity index (χ2n) is 6.89. The largest absolute Gasteiger partial charge is 0.416 e. The van der Waals surface area contributed by atoms with E-state index in [4.69, 9.17) is 4.43 Å². The molecule has 1 N–H and O–H groups in total. The lowest BCUT2D eigenvalue weighted by Crippen LogP contribution is -2.40. The summed E-state index contributed by atoms with van der Waals surface area (Å²) in [5.74, 6) is 6.16. The zero-order valence-corrected chi connectivity index (χ0v) is 15.5. The van der Waals surface area contributed by atoms with Gasteiger partial charge in [0.05, 0.1) is 5.69 Å². The molecule has 1 amide bonds. The van der Waals surface area contributed by atoms with Crippen LogP contribution in [-0.4, -0.2) is 20.8 Å².